The fraction of sp³-hybridized carbons (Fsp3) is 0.750. The molecule has 1 fully saturated rings. The van der Waals surface area contributed by atoms with Gasteiger partial charge in [-0.15, -0.1) is 0 Å². The van der Waals surface area contributed by atoms with Gasteiger partial charge in [0.2, 0.25) is 5.91 Å². The average molecular weight is 272 g/mol. The third-order valence-electron chi connectivity index (χ3n) is 3.33. The van der Waals surface area contributed by atoms with Crippen LogP contribution in [0.3, 0.4) is 0 Å². The largest absolute Gasteiger partial charge is 0.480 e. The molecule has 1 aliphatic rings. The summed E-state index contributed by atoms with van der Waals surface area (Å²) in [7, 11) is 1.24. The van der Waals surface area contributed by atoms with Gasteiger partial charge in [0.25, 0.3) is 0 Å². The third-order valence-corrected chi connectivity index (χ3v) is 3.33. The lowest BCUT2D eigenvalue weighted by molar-refractivity contribution is -0.144. The van der Waals surface area contributed by atoms with Crippen LogP contribution < -0.4 is 10.6 Å². The molecule has 1 saturated heterocycles. The van der Waals surface area contributed by atoms with Crippen LogP contribution in [0.2, 0.25) is 0 Å². The summed E-state index contributed by atoms with van der Waals surface area (Å²) < 4.78 is 4.45. The van der Waals surface area contributed by atoms with Crippen LogP contribution in [-0.4, -0.2) is 49.2 Å². The molecule has 19 heavy (non-hydrogen) atoms. The number of hydrogen-bond acceptors (Lipinski definition) is 5. The van der Waals surface area contributed by atoms with Gasteiger partial charge in [-0.3, -0.25) is 9.59 Å². The molecule has 0 radical (unpaired) electrons. The van der Waals surface area contributed by atoms with E-state index in [0.717, 1.165) is 6.54 Å². The molecular formula is C12H20N2O5. The van der Waals surface area contributed by atoms with Crippen molar-refractivity contribution >= 4 is 17.8 Å². The molecule has 0 aromatic rings. The number of rotatable bonds is 6. The van der Waals surface area contributed by atoms with Crippen LogP contribution in [-0.2, 0) is 19.1 Å². The number of esters is 1. The first-order chi connectivity index (χ1) is 8.95. The second kappa shape index (κ2) is 7.08. The Morgan fingerprint density at radius 2 is 2.11 bits per heavy atom. The minimum atomic E-state index is -1.14. The van der Waals surface area contributed by atoms with Crippen LogP contribution in [0, 0.1) is 11.8 Å². The van der Waals surface area contributed by atoms with Gasteiger partial charge in [0.05, 0.1) is 13.0 Å². The van der Waals surface area contributed by atoms with E-state index in [1.807, 2.05) is 6.92 Å². The smallest absolute Gasteiger partial charge is 0.326 e. The molecule has 0 spiro atoms. The molecule has 1 heterocycles. The van der Waals surface area contributed by atoms with Crippen LogP contribution in [0.4, 0.5) is 0 Å². The number of carboxylic acid groups (broad SMARTS) is 1. The zero-order valence-electron chi connectivity index (χ0n) is 11.1. The van der Waals surface area contributed by atoms with Gasteiger partial charge in [-0.05, 0) is 18.9 Å². The maximum Gasteiger partial charge on any atom is 0.326 e. The fourth-order valence-electron chi connectivity index (χ4n) is 2.06. The summed E-state index contributed by atoms with van der Waals surface area (Å²) in [5.41, 5.74) is 0. The maximum atomic E-state index is 12.0. The normalized spacial score (nSPS) is 23.7. The Labute approximate surface area is 111 Å². The molecule has 108 valence electrons. The average Bonchev–Trinajstić information content (AvgIpc) is 2.79. The van der Waals surface area contributed by atoms with Crippen molar-refractivity contribution in [3.8, 4) is 0 Å². The minimum Gasteiger partial charge on any atom is -0.480 e. The number of nitrogens with one attached hydrogen (secondary N) is 2. The van der Waals surface area contributed by atoms with Crippen molar-refractivity contribution in [2.45, 2.75) is 25.8 Å². The molecule has 0 aromatic heterocycles. The lowest BCUT2D eigenvalue weighted by atomic mass is 9.96. The Morgan fingerprint density at radius 1 is 1.42 bits per heavy atom. The first kappa shape index (κ1) is 15.4. The second-order valence-electron chi connectivity index (χ2n) is 4.76. The van der Waals surface area contributed by atoms with Gasteiger partial charge in [-0.25, -0.2) is 4.79 Å². The van der Waals surface area contributed by atoms with Gasteiger partial charge in [-0.2, -0.15) is 0 Å². The van der Waals surface area contributed by atoms with Crippen LogP contribution in [0.5, 0.6) is 0 Å². The van der Waals surface area contributed by atoms with E-state index in [9.17, 15) is 14.4 Å². The van der Waals surface area contributed by atoms with Gasteiger partial charge in [0.15, 0.2) is 0 Å². The molecule has 3 atom stereocenters. The van der Waals surface area contributed by atoms with Gasteiger partial charge in [0, 0.05) is 13.0 Å². The Kier molecular flexibility index (Phi) is 5.75. The lowest BCUT2D eigenvalue weighted by Gasteiger charge is -2.18. The molecule has 7 heteroatoms. The van der Waals surface area contributed by atoms with Crippen LogP contribution in [0.25, 0.3) is 0 Å². The van der Waals surface area contributed by atoms with Crippen LogP contribution >= 0.6 is 0 Å². The van der Waals surface area contributed by atoms with E-state index in [-0.39, 0.29) is 30.6 Å². The minimum absolute atomic E-state index is 0.0300. The van der Waals surface area contributed by atoms with Crippen molar-refractivity contribution in [1.82, 2.24) is 10.6 Å². The van der Waals surface area contributed by atoms with Gasteiger partial charge in [-0.1, -0.05) is 6.92 Å². The zero-order chi connectivity index (χ0) is 14.4. The summed E-state index contributed by atoms with van der Waals surface area (Å²) in [5.74, 6) is -1.96. The number of amides is 1. The molecule has 1 amide bonds. The highest BCUT2D eigenvalue weighted by molar-refractivity contribution is 5.85. The number of hydrogen-bond donors (Lipinski definition) is 3. The molecule has 0 aliphatic carbocycles. The number of ether oxygens (including phenoxy) is 1. The van der Waals surface area contributed by atoms with E-state index in [4.69, 9.17) is 5.11 Å². The molecule has 3 N–H and O–H groups in total. The quantitative estimate of drug-likeness (QED) is 0.556. The summed E-state index contributed by atoms with van der Waals surface area (Å²) in [4.78, 5) is 34.0. The molecule has 1 aliphatic heterocycles. The summed E-state index contributed by atoms with van der Waals surface area (Å²) in [6, 6.07) is -1.06. The van der Waals surface area contributed by atoms with E-state index in [0.29, 0.717) is 6.54 Å². The van der Waals surface area contributed by atoms with Crippen LogP contribution in [0.15, 0.2) is 0 Å². The molecule has 0 aromatic carbocycles. The summed E-state index contributed by atoms with van der Waals surface area (Å²) in [5, 5.41) is 14.6. The highest BCUT2D eigenvalue weighted by Crippen LogP contribution is 2.16. The predicted molar refractivity (Wildman–Crippen MR) is 66.3 cm³/mol. The zero-order valence-corrected chi connectivity index (χ0v) is 11.1. The van der Waals surface area contributed by atoms with E-state index in [1.54, 1.807) is 0 Å². The van der Waals surface area contributed by atoms with E-state index in [1.165, 1.54) is 7.11 Å². The Morgan fingerprint density at radius 3 is 2.58 bits per heavy atom. The number of carbonyl (C=O) groups excluding carboxylic acids is 2. The van der Waals surface area contributed by atoms with E-state index < -0.39 is 18.0 Å². The molecule has 0 bridgehead atoms. The summed E-state index contributed by atoms with van der Waals surface area (Å²) in [6.07, 6.45) is -0.00546. The molecule has 1 rings (SSSR count). The molecular weight excluding hydrogens is 252 g/mol. The van der Waals surface area contributed by atoms with Crippen molar-refractivity contribution in [2.75, 3.05) is 20.2 Å². The molecule has 0 saturated carbocycles. The van der Waals surface area contributed by atoms with E-state index >= 15 is 0 Å². The summed E-state index contributed by atoms with van der Waals surface area (Å²) in [6.45, 7) is 3.24. The Hall–Kier alpha value is -1.63. The lowest BCUT2D eigenvalue weighted by Crippen LogP contribution is -2.45. The van der Waals surface area contributed by atoms with Crippen molar-refractivity contribution in [2.24, 2.45) is 11.8 Å². The highest BCUT2D eigenvalue weighted by Gasteiger charge is 2.32. The highest BCUT2D eigenvalue weighted by atomic mass is 16.5. The first-order valence-electron chi connectivity index (χ1n) is 6.26. The molecule has 7 nitrogen and oxygen atoms in total. The SMILES string of the molecule is COC(=O)CC[C@@H](NC(=O)[C@@H]1CNC[C@H]1C)C(=O)O. The Balaban J connectivity index is 2.51. The van der Waals surface area contributed by atoms with E-state index in [2.05, 4.69) is 15.4 Å². The standard InChI is InChI=1S/C12H20N2O5/c1-7-5-13-6-8(7)11(16)14-9(12(17)18)3-4-10(15)19-2/h7-9,13H,3-6H2,1-2H3,(H,14,16)(H,17,18)/t7-,8-,9-/m1/s1. The first-order valence-corrected chi connectivity index (χ1v) is 6.26. The monoisotopic (exact) mass is 272 g/mol. The number of methoxy groups -OCH3 is 1. The third kappa shape index (κ3) is 4.51. The Bertz CT molecular complexity index is 358. The van der Waals surface area contributed by atoms with Crippen molar-refractivity contribution in [3.05, 3.63) is 0 Å². The topological polar surface area (TPSA) is 105 Å². The number of carboxylic acids is 1. The predicted octanol–water partition coefficient (Wildman–Crippen LogP) is -0.635. The van der Waals surface area contributed by atoms with Crippen molar-refractivity contribution in [1.29, 1.82) is 0 Å². The van der Waals surface area contributed by atoms with Crippen molar-refractivity contribution < 1.29 is 24.2 Å². The van der Waals surface area contributed by atoms with Crippen LogP contribution in [0.1, 0.15) is 19.8 Å². The second-order valence-corrected chi connectivity index (χ2v) is 4.76. The number of carbonyl (C=O) groups is 3. The van der Waals surface area contributed by atoms with Gasteiger partial charge >= 0.3 is 11.9 Å². The van der Waals surface area contributed by atoms with Gasteiger partial charge < -0.3 is 20.5 Å². The van der Waals surface area contributed by atoms with Crippen molar-refractivity contribution in [3.63, 3.8) is 0 Å². The molecule has 0 unspecified atom stereocenters. The maximum absolute atomic E-state index is 12.0. The summed E-state index contributed by atoms with van der Waals surface area (Å²) >= 11 is 0. The van der Waals surface area contributed by atoms with Gasteiger partial charge in [0.1, 0.15) is 6.04 Å². The number of aliphatic carboxylic acids is 1. The fourth-order valence-corrected chi connectivity index (χ4v) is 2.06.